The lowest BCUT2D eigenvalue weighted by Crippen LogP contribution is -2.42. The number of ketones is 1. The topological polar surface area (TPSA) is 50.1 Å². The minimum absolute atomic E-state index is 0.0376. The number of halogens is 2. The molecule has 1 fully saturated rings. The summed E-state index contributed by atoms with van der Waals surface area (Å²) in [7, 11) is 1.56. The average molecular weight is 296 g/mol. The summed E-state index contributed by atoms with van der Waals surface area (Å²) >= 11 is 5.70. The standard InChI is InChI=1S/C15H15ClFNO2/c1-20-15(6-3-7-15)8-13(19)11(9-18)10-4-2-5-12(16)14(10)17/h2,4-5,11H,3,6-8H2,1H3. The molecule has 106 valence electrons. The minimum Gasteiger partial charge on any atom is -0.378 e. The Morgan fingerprint density at radius 2 is 2.30 bits per heavy atom. The van der Waals surface area contributed by atoms with E-state index in [9.17, 15) is 14.4 Å². The van der Waals surface area contributed by atoms with Crippen molar-refractivity contribution in [2.75, 3.05) is 7.11 Å². The van der Waals surface area contributed by atoms with E-state index in [1.54, 1.807) is 7.11 Å². The summed E-state index contributed by atoms with van der Waals surface area (Å²) in [5, 5.41) is 9.12. The van der Waals surface area contributed by atoms with Crippen LogP contribution in [0.15, 0.2) is 18.2 Å². The lowest BCUT2D eigenvalue weighted by atomic mass is 9.74. The lowest BCUT2D eigenvalue weighted by Gasteiger charge is -2.40. The van der Waals surface area contributed by atoms with Gasteiger partial charge in [0, 0.05) is 19.1 Å². The molecule has 5 heteroatoms. The van der Waals surface area contributed by atoms with Crippen LogP contribution in [0.1, 0.15) is 37.2 Å². The molecule has 0 aromatic heterocycles. The number of rotatable bonds is 5. The first kappa shape index (κ1) is 15.0. The van der Waals surface area contributed by atoms with Gasteiger partial charge in [0.25, 0.3) is 0 Å². The molecule has 1 aliphatic rings. The summed E-state index contributed by atoms with van der Waals surface area (Å²) in [5.74, 6) is -2.16. The van der Waals surface area contributed by atoms with Gasteiger partial charge < -0.3 is 4.74 Å². The van der Waals surface area contributed by atoms with Gasteiger partial charge in [-0.2, -0.15) is 5.26 Å². The van der Waals surface area contributed by atoms with E-state index in [4.69, 9.17) is 16.3 Å². The molecule has 20 heavy (non-hydrogen) atoms. The zero-order chi connectivity index (χ0) is 14.8. The molecular weight excluding hydrogens is 281 g/mol. The van der Waals surface area contributed by atoms with E-state index in [-0.39, 0.29) is 22.8 Å². The van der Waals surface area contributed by atoms with Gasteiger partial charge in [-0.05, 0) is 25.3 Å². The molecule has 2 rings (SSSR count). The number of ether oxygens (including phenoxy) is 1. The zero-order valence-electron chi connectivity index (χ0n) is 11.2. The van der Waals surface area contributed by atoms with E-state index < -0.39 is 17.3 Å². The molecule has 0 aliphatic heterocycles. The van der Waals surface area contributed by atoms with Crippen LogP contribution in [0, 0.1) is 17.1 Å². The summed E-state index contributed by atoms with van der Waals surface area (Å²) in [6, 6.07) is 6.23. The van der Waals surface area contributed by atoms with Gasteiger partial charge in [-0.1, -0.05) is 23.7 Å². The fraction of sp³-hybridized carbons (Fsp3) is 0.467. The zero-order valence-corrected chi connectivity index (χ0v) is 11.9. The van der Waals surface area contributed by atoms with Crippen LogP contribution in [0.5, 0.6) is 0 Å². The van der Waals surface area contributed by atoms with Crippen molar-refractivity contribution in [3.8, 4) is 6.07 Å². The van der Waals surface area contributed by atoms with Crippen molar-refractivity contribution in [2.45, 2.75) is 37.2 Å². The smallest absolute Gasteiger partial charge is 0.157 e. The Morgan fingerprint density at radius 3 is 2.80 bits per heavy atom. The first-order valence-corrected chi connectivity index (χ1v) is 6.82. The summed E-state index contributed by atoms with van der Waals surface area (Å²) in [4.78, 5) is 12.3. The van der Waals surface area contributed by atoms with E-state index in [0.717, 1.165) is 19.3 Å². The van der Waals surface area contributed by atoms with Crippen LogP contribution in [-0.4, -0.2) is 18.5 Å². The second-order valence-electron chi connectivity index (χ2n) is 5.09. The van der Waals surface area contributed by atoms with E-state index in [1.165, 1.54) is 18.2 Å². The number of hydrogen-bond donors (Lipinski definition) is 0. The summed E-state index contributed by atoms with van der Waals surface area (Å²) < 4.78 is 19.3. The molecule has 1 unspecified atom stereocenters. The fourth-order valence-electron chi connectivity index (χ4n) is 2.50. The van der Waals surface area contributed by atoms with Crippen molar-refractivity contribution in [1.82, 2.24) is 0 Å². The predicted molar refractivity (Wildman–Crippen MR) is 73.0 cm³/mol. The van der Waals surface area contributed by atoms with Crippen molar-refractivity contribution in [3.05, 3.63) is 34.6 Å². The molecule has 0 heterocycles. The van der Waals surface area contributed by atoms with Crippen LogP contribution >= 0.6 is 11.6 Å². The largest absolute Gasteiger partial charge is 0.378 e. The van der Waals surface area contributed by atoms with Crippen molar-refractivity contribution >= 4 is 17.4 Å². The minimum atomic E-state index is -1.14. The van der Waals surface area contributed by atoms with Crippen molar-refractivity contribution in [3.63, 3.8) is 0 Å². The van der Waals surface area contributed by atoms with Gasteiger partial charge in [-0.15, -0.1) is 0 Å². The number of nitriles is 1. The van der Waals surface area contributed by atoms with Gasteiger partial charge in [0.2, 0.25) is 0 Å². The molecule has 0 amide bonds. The fourth-order valence-corrected chi connectivity index (χ4v) is 2.68. The maximum atomic E-state index is 13.9. The van der Waals surface area contributed by atoms with Crippen LogP contribution in [0.4, 0.5) is 4.39 Å². The first-order chi connectivity index (χ1) is 9.53. The van der Waals surface area contributed by atoms with E-state index in [1.807, 2.05) is 6.07 Å². The molecule has 1 atom stereocenters. The van der Waals surface area contributed by atoms with Gasteiger partial charge in [-0.3, -0.25) is 4.79 Å². The highest BCUT2D eigenvalue weighted by atomic mass is 35.5. The van der Waals surface area contributed by atoms with Crippen LogP contribution in [0.2, 0.25) is 5.02 Å². The van der Waals surface area contributed by atoms with Crippen molar-refractivity contribution in [2.24, 2.45) is 0 Å². The van der Waals surface area contributed by atoms with E-state index in [2.05, 4.69) is 0 Å². The van der Waals surface area contributed by atoms with Gasteiger partial charge in [0.05, 0.1) is 16.7 Å². The molecule has 3 nitrogen and oxygen atoms in total. The van der Waals surface area contributed by atoms with Crippen LogP contribution in [0.3, 0.4) is 0 Å². The normalized spacial score (nSPS) is 17.9. The molecule has 0 saturated heterocycles. The number of carbonyl (C=O) groups excluding carboxylic acids is 1. The Labute approximate surface area is 122 Å². The number of hydrogen-bond acceptors (Lipinski definition) is 3. The van der Waals surface area contributed by atoms with Crippen LogP contribution < -0.4 is 0 Å². The quantitative estimate of drug-likeness (QED) is 0.833. The number of carbonyl (C=O) groups is 1. The van der Waals surface area contributed by atoms with Gasteiger partial charge in [-0.25, -0.2) is 4.39 Å². The number of benzene rings is 1. The van der Waals surface area contributed by atoms with Gasteiger partial charge >= 0.3 is 0 Å². The molecule has 0 spiro atoms. The Bertz CT molecular complexity index is 558. The predicted octanol–water partition coefficient (Wildman–Crippen LogP) is 3.61. The Balaban J connectivity index is 2.22. The third kappa shape index (κ3) is 2.70. The number of Topliss-reactive ketones (excluding diaryl/α,β-unsaturated/α-hetero) is 1. The van der Waals surface area contributed by atoms with E-state index >= 15 is 0 Å². The maximum Gasteiger partial charge on any atom is 0.157 e. The van der Waals surface area contributed by atoms with Crippen molar-refractivity contribution in [1.29, 1.82) is 5.26 Å². The second kappa shape index (κ2) is 5.90. The Hall–Kier alpha value is -1.44. The third-order valence-corrected chi connectivity index (χ3v) is 4.23. The molecule has 1 saturated carbocycles. The number of nitrogens with zero attached hydrogens (tertiary/aromatic N) is 1. The maximum absolute atomic E-state index is 13.9. The van der Waals surface area contributed by atoms with Gasteiger partial charge in [0.15, 0.2) is 5.78 Å². The third-order valence-electron chi connectivity index (χ3n) is 3.94. The number of methoxy groups -OCH3 is 1. The average Bonchev–Trinajstić information content (AvgIpc) is 2.39. The SMILES string of the molecule is COC1(CC(=O)C(C#N)c2cccc(Cl)c2F)CCC1. The Kier molecular flexibility index (Phi) is 4.42. The first-order valence-electron chi connectivity index (χ1n) is 6.44. The van der Waals surface area contributed by atoms with Gasteiger partial charge in [0.1, 0.15) is 11.7 Å². The lowest BCUT2D eigenvalue weighted by molar-refractivity contribution is -0.132. The van der Waals surface area contributed by atoms with E-state index in [0.29, 0.717) is 0 Å². The highest BCUT2D eigenvalue weighted by Crippen LogP contribution is 2.40. The van der Waals surface area contributed by atoms with Crippen molar-refractivity contribution < 1.29 is 13.9 Å². The summed E-state index contributed by atoms with van der Waals surface area (Å²) in [6.07, 6.45) is 2.73. The summed E-state index contributed by atoms with van der Waals surface area (Å²) in [5.41, 5.74) is -0.433. The highest BCUT2D eigenvalue weighted by Gasteiger charge is 2.41. The van der Waals surface area contributed by atoms with Crippen LogP contribution in [-0.2, 0) is 9.53 Å². The molecular formula is C15H15ClFNO2. The van der Waals surface area contributed by atoms with Crippen LogP contribution in [0.25, 0.3) is 0 Å². The molecule has 1 aromatic carbocycles. The summed E-state index contributed by atoms with van der Waals surface area (Å²) in [6.45, 7) is 0. The molecule has 0 radical (unpaired) electrons. The molecule has 0 N–H and O–H groups in total. The molecule has 0 bridgehead atoms. The Morgan fingerprint density at radius 1 is 1.60 bits per heavy atom. The monoisotopic (exact) mass is 295 g/mol. The molecule has 1 aliphatic carbocycles. The highest BCUT2D eigenvalue weighted by molar-refractivity contribution is 6.30. The second-order valence-corrected chi connectivity index (χ2v) is 5.50. The molecule has 1 aromatic rings.